The number of benzene rings is 1. The van der Waals surface area contributed by atoms with Crippen molar-refractivity contribution < 1.29 is 9.53 Å². The van der Waals surface area contributed by atoms with E-state index in [0.717, 1.165) is 26.1 Å². The summed E-state index contributed by atoms with van der Waals surface area (Å²) in [5.41, 5.74) is 2.00. The van der Waals surface area contributed by atoms with Crippen LogP contribution in [0.25, 0.3) is 0 Å². The highest BCUT2D eigenvalue weighted by Gasteiger charge is 2.41. The first-order valence-electron chi connectivity index (χ1n) is 7.86. The third-order valence-electron chi connectivity index (χ3n) is 5.19. The van der Waals surface area contributed by atoms with Crippen molar-refractivity contribution in [2.45, 2.75) is 37.8 Å². The Bertz CT molecular complexity index is 504. The maximum Gasteiger partial charge on any atom is 0.337 e. The molecule has 4 nitrogen and oxygen atoms in total. The molecule has 3 fully saturated rings. The van der Waals surface area contributed by atoms with E-state index in [1.54, 1.807) is 0 Å². The van der Waals surface area contributed by atoms with Gasteiger partial charge in [0.1, 0.15) is 0 Å². The predicted octanol–water partition coefficient (Wildman–Crippen LogP) is 2.15. The van der Waals surface area contributed by atoms with Crippen LogP contribution in [0.1, 0.15) is 42.1 Å². The molecule has 0 spiro atoms. The number of fused-ring (bicyclic) bond motifs is 4. The zero-order valence-corrected chi connectivity index (χ0v) is 12.9. The van der Waals surface area contributed by atoms with Crippen molar-refractivity contribution in [3.63, 3.8) is 0 Å². The number of rotatable bonds is 3. The van der Waals surface area contributed by atoms with E-state index in [-0.39, 0.29) is 11.5 Å². The molecule has 1 N–H and O–H groups in total. The van der Waals surface area contributed by atoms with E-state index < -0.39 is 0 Å². The lowest BCUT2D eigenvalue weighted by Crippen LogP contribution is -2.50. The van der Waals surface area contributed by atoms with E-state index >= 15 is 0 Å². The monoisotopic (exact) mass is 288 g/mol. The molecule has 2 unspecified atom stereocenters. The van der Waals surface area contributed by atoms with Crippen LogP contribution in [0, 0.1) is 0 Å². The van der Waals surface area contributed by atoms with Crippen LogP contribution in [-0.2, 0) is 10.3 Å². The van der Waals surface area contributed by atoms with Crippen molar-refractivity contribution in [1.82, 2.24) is 10.2 Å². The Hall–Kier alpha value is -1.39. The van der Waals surface area contributed by atoms with Gasteiger partial charge in [-0.15, -0.1) is 0 Å². The number of carbonyl (C=O) groups is 1. The van der Waals surface area contributed by atoms with Gasteiger partial charge in [-0.3, -0.25) is 4.90 Å². The van der Waals surface area contributed by atoms with Crippen molar-refractivity contribution >= 4 is 5.97 Å². The summed E-state index contributed by atoms with van der Waals surface area (Å²) in [6, 6.07) is 8.61. The van der Waals surface area contributed by atoms with Crippen LogP contribution in [0.15, 0.2) is 24.3 Å². The normalized spacial score (nSPS) is 29.1. The summed E-state index contributed by atoms with van der Waals surface area (Å²) in [6.07, 6.45) is 3.56. The fraction of sp³-hybridized carbons (Fsp3) is 0.588. The van der Waals surface area contributed by atoms with Gasteiger partial charge in [0.15, 0.2) is 0 Å². The zero-order chi connectivity index (χ0) is 14.9. The SMILES string of the molecule is CCN1CCC2(c3ccc(C(=O)OC)cc3)CCC1CN2. The average molecular weight is 288 g/mol. The number of nitrogens with zero attached hydrogens (tertiary/aromatic N) is 1. The van der Waals surface area contributed by atoms with Gasteiger partial charge in [-0.1, -0.05) is 19.1 Å². The van der Waals surface area contributed by atoms with Crippen LogP contribution >= 0.6 is 0 Å². The number of ether oxygens (including phenoxy) is 1. The summed E-state index contributed by atoms with van der Waals surface area (Å²) < 4.78 is 4.77. The maximum atomic E-state index is 11.6. The summed E-state index contributed by atoms with van der Waals surface area (Å²) in [5.74, 6) is -0.270. The zero-order valence-electron chi connectivity index (χ0n) is 12.9. The topological polar surface area (TPSA) is 41.6 Å². The lowest BCUT2D eigenvalue weighted by atomic mass is 9.80. The van der Waals surface area contributed by atoms with Crippen molar-refractivity contribution in [3.8, 4) is 0 Å². The first-order valence-corrected chi connectivity index (χ1v) is 7.86. The Balaban J connectivity index is 1.84. The molecule has 3 aliphatic heterocycles. The Labute approximate surface area is 126 Å². The second kappa shape index (κ2) is 5.78. The van der Waals surface area contributed by atoms with Gasteiger partial charge < -0.3 is 10.1 Å². The van der Waals surface area contributed by atoms with E-state index in [0.29, 0.717) is 11.6 Å². The number of nitrogens with one attached hydrogen (secondary N) is 1. The van der Waals surface area contributed by atoms with Crippen molar-refractivity contribution in [2.24, 2.45) is 0 Å². The number of methoxy groups -OCH3 is 1. The number of likely N-dealkylation sites (N-methyl/N-ethyl adjacent to an activating group) is 1. The smallest absolute Gasteiger partial charge is 0.337 e. The van der Waals surface area contributed by atoms with E-state index in [2.05, 4.69) is 29.3 Å². The molecular weight excluding hydrogens is 264 g/mol. The van der Waals surface area contributed by atoms with Gasteiger partial charge in [0.2, 0.25) is 0 Å². The van der Waals surface area contributed by atoms with Gasteiger partial charge in [0.05, 0.1) is 12.7 Å². The van der Waals surface area contributed by atoms with Gasteiger partial charge in [0.25, 0.3) is 0 Å². The summed E-state index contributed by atoms with van der Waals surface area (Å²) in [7, 11) is 1.42. The molecule has 0 aliphatic carbocycles. The Morgan fingerprint density at radius 2 is 2.14 bits per heavy atom. The van der Waals surface area contributed by atoms with Gasteiger partial charge in [0, 0.05) is 24.7 Å². The minimum absolute atomic E-state index is 0.0784. The third kappa shape index (κ3) is 2.58. The molecule has 0 amide bonds. The molecule has 3 saturated heterocycles. The van der Waals surface area contributed by atoms with Gasteiger partial charge in [-0.05, 0) is 43.5 Å². The van der Waals surface area contributed by atoms with Crippen LogP contribution < -0.4 is 5.32 Å². The first-order chi connectivity index (χ1) is 10.2. The van der Waals surface area contributed by atoms with E-state index in [4.69, 9.17) is 4.74 Å². The molecule has 0 aromatic heterocycles. The molecule has 114 valence electrons. The Morgan fingerprint density at radius 1 is 1.38 bits per heavy atom. The Kier molecular flexibility index (Phi) is 4.00. The minimum atomic E-state index is -0.270. The standard InChI is InChI=1S/C17H24N2O2/c1-3-19-11-10-17(9-8-15(19)12-18-17)14-6-4-13(5-7-14)16(20)21-2/h4-7,15,18H,3,8-12H2,1-2H3. The highest BCUT2D eigenvalue weighted by molar-refractivity contribution is 5.89. The molecule has 2 atom stereocenters. The van der Waals surface area contributed by atoms with Crippen LogP contribution in [-0.4, -0.2) is 43.7 Å². The first kappa shape index (κ1) is 14.5. The highest BCUT2D eigenvalue weighted by atomic mass is 16.5. The minimum Gasteiger partial charge on any atom is -0.465 e. The van der Waals surface area contributed by atoms with Gasteiger partial charge >= 0.3 is 5.97 Å². The molecule has 21 heavy (non-hydrogen) atoms. The van der Waals surface area contributed by atoms with Crippen molar-refractivity contribution in [2.75, 3.05) is 26.7 Å². The number of carbonyl (C=O) groups excluding carboxylic acids is 1. The molecule has 0 radical (unpaired) electrons. The number of hydrogen-bond donors (Lipinski definition) is 1. The van der Waals surface area contributed by atoms with Crippen molar-refractivity contribution in [1.29, 1.82) is 0 Å². The fourth-order valence-corrected chi connectivity index (χ4v) is 3.81. The lowest BCUT2D eigenvalue weighted by molar-refractivity contribution is 0.0600. The molecule has 4 rings (SSSR count). The molecular formula is C17H24N2O2. The number of piperidine rings is 1. The largest absolute Gasteiger partial charge is 0.465 e. The quantitative estimate of drug-likeness (QED) is 0.865. The van der Waals surface area contributed by atoms with Gasteiger partial charge in [-0.2, -0.15) is 0 Å². The third-order valence-corrected chi connectivity index (χ3v) is 5.19. The van der Waals surface area contributed by atoms with E-state index in [1.165, 1.54) is 25.5 Å². The molecule has 2 bridgehead atoms. The maximum absolute atomic E-state index is 11.6. The Morgan fingerprint density at radius 3 is 2.71 bits per heavy atom. The summed E-state index contributed by atoms with van der Waals surface area (Å²) in [5, 5.41) is 3.78. The lowest BCUT2D eigenvalue weighted by Gasteiger charge is -2.39. The van der Waals surface area contributed by atoms with E-state index in [9.17, 15) is 4.79 Å². The predicted molar refractivity (Wildman–Crippen MR) is 82.3 cm³/mol. The highest BCUT2D eigenvalue weighted by Crippen LogP contribution is 2.38. The average Bonchev–Trinajstić information content (AvgIpc) is 2.85. The van der Waals surface area contributed by atoms with E-state index in [1.807, 2.05) is 12.1 Å². The van der Waals surface area contributed by atoms with Crippen LogP contribution in [0.4, 0.5) is 0 Å². The van der Waals surface area contributed by atoms with Crippen LogP contribution in [0.2, 0.25) is 0 Å². The molecule has 4 heteroatoms. The second-order valence-electron chi connectivity index (χ2n) is 6.10. The fourth-order valence-electron chi connectivity index (χ4n) is 3.81. The second-order valence-corrected chi connectivity index (χ2v) is 6.10. The summed E-state index contributed by atoms with van der Waals surface area (Å²) in [4.78, 5) is 14.1. The van der Waals surface area contributed by atoms with Gasteiger partial charge in [-0.25, -0.2) is 4.79 Å². The molecule has 1 aromatic carbocycles. The summed E-state index contributed by atoms with van der Waals surface area (Å²) >= 11 is 0. The number of esters is 1. The van der Waals surface area contributed by atoms with Crippen LogP contribution in [0.5, 0.6) is 0 Å². The molecule has 3 heterocycles. The van der Waals surface area contributed by atoms with Crippen molar-refractivity contribution in [3.05, 3.63) is 35.4 Å². The number of hydrogen-bond acceptors (Lipinski definition) is 4. The molecule has 0 saturated carbocycles. The van der Waals surface area contributed by atoms with Crippen LogP contribution in [0.3, 0.4) is 0 Å². The molecule has 1 aromatic rings. The molecule has 3 aliphatic rings. The summed E-state index contributed by atoms with van der Waals surface area (Å²) in [6.45, 7) is 5.58.